The predicted molar refractivity (Wildman–Crippen MR) is 87.6 cm³/mol. The summed E-state index contributed by atoms with van der Waals surface area (Å²) in [6.45, 7) is 1.41. The lowest BCUT2D eigenvalue weighted by Crippen LogP contribution is -2.37. The molecular weight excluding hydrogens is 402 g/mol. The molecule has 1 fully saturated rings. The maximum absolute atomic E-state index is 12.5. The molecule has 110 valence electrons. The second-order valence-corrected chi connectivity index (χ2v) is 6.88. The first-order chi connectivity index (χ1) is 10.1. The standard InChI is InChI=1S/C15H13Br2NO3/c16-10-6-9-7-11(14(19)18-4-2-1-3-5-18)15(20)21-13(9)12(17)8-10/h6-8H,1-5H2. The van der Waals surface area contributed by atoms with Crippen LogP contribution < -0.4 is 5.63 Å². The third kappa shape index (κ3) is 2.92. The Morgan fingerprint density at radius 3 is 2.52 bits per heavy atom. The van der Waals surface area contributed by atoms with Crippen LogP contribution in [0.4, 0.5) is 0 Å². The smallest absolute Gasteiger partial charge is 0.349 e. The van der Waals surface area contributed by atoms with Crippen LogP contribution in [0, 0.1) is 0 Å². The molecule has 0 spiro atoms. The SMILES string of the molecule is O=C(c1cc2cc(Br)cc(Br)c2oc1=O)N1CCCCC1. The summed E-state index contributed by atoms with van der Waals surface area (Å²) in [5.74, 6) is -0.235. The van der Waals surface area contributed by atoms with Crippen LogP contribution in [0.25, 0.3) is 11.0 Å². The first kappa shape index (κ1) is 14.8. The minimum absolute atomic E-state index is 0.106. The number of halogens is 2. The highest BCUT2D eigenvalue weighted by Gasteiger charge is 2.22. The van der Waals surface area contributed by atoms with Crippen molar-refractivity contribution in [1.82, 2.24) is 4.90 Å². The highest BCUT2D eigenvalue weighted by molar-refractivity contribution is 9.11. The van der Waals surface area contributed by atoms with E-state index in [2.05, 4.69) is 31.9 Å². The molecule has 0 aliphatic carbocycles. The Labute approximate surface area is 138 Å². The summed E-state index contributed by atoms with van der Waals surface area (Å²) in [5.41, 5.74) is -0.0195. The Hall–Kier alpha value is -1.14. The predicted octanol–water partition coefficient (Wildman–Crippen LogP) is 3.94. The molecule has 1 aromatic heterocycles. The summed E-state index contributed by atoms with van der Waals surface area (Å²) < 4.78 is 6.85. The van der Waals surface area contributed by atoms with Gasteiger partial charge in [-0.15, -0.1) is 0 Å². The molecule has 1 aliphatic rings. The Bertz CT molecular complexity index is 763. The molecule has 0 atom stereocenters. The van der Waals surface area contributed by atoms with Crippen LogP contribution in [-0.4, -0.2) is 23.9 Å². The maximum Gasteiger partial charge on any atom is 0.349 e. The Morgan fingerprint density at radius 1 is 1.10 bits per heavy atom. The maximum atomic E-state index is 12.5. The van der Waals surface area contributed by atoms with Crippen molar-refractivity contribution in [3.63, 3.8) is 0 Å². The van der Waals surface area contributed by atoms with Crippen LogP contribution in [0.15, 0.2) is 36.4 Å². The highest BCUT2D eigenvalue weighted by atomic mass is 79.9. The average Bonchev–Trinajstić information content (AvgIpc) is 2.48. The molecule has 2 heterocycles. The molecule has 21 heavy (non-hydrogen) atoms. The van der Waals surface area contributed by atoms with Gasteiger partial charge in [-0.1, -0.05) is 15.9 Å². The molecule has 1 amide bonds. The molecule has 3 rings (SSSR count). The van der Waals surface area contributed by atoms with Crippen LogP contribution >= 0.6 is 31.9 Å². The zero-order valence-electron chi connectivity index (χ0n) is 11.2. The van der Waals surface area contributed by atoms with Crippen LogP contribution in [0.1, 0.15) is 29.6 Å². The lowest BCUT2D eigenvalue weighted by atomic mass is 10.1. The fourth-order valence-electron chi connectivity index (χ4n) is 2.57. The molecule has 2 aromatic rings. The van der Waals surface area contributed by atoms with Crippen LogP contribution in [0.5, 0.6) is 0 Å². The van der Waals surface area contributed by atoms with E-state index in [4.69, 9.17) is 4.42 Å². The van der Waals surface area contributed by atoms with E-state index in [0.717, 1.165) is 29.1 Å². The molecule has 6 heteroatoms. The normalized spacial score (nSPS) is 15.4. The molecule has 4 nitrogen and oxygen atoms in total. The lowest BCUT2D eigenvalue weighted by molar-refractivity contribution is 0.0720. The quantitative estimate of drug-likeness (QED) is 0.664. The van der Waals surface area contributed by atoms with E-state index in [1.54, 1.807) is 17.0 Å². The van der Waals surface area contributed by atoms with Crippen molar-refractivity contribution in [1.29, 1.82) is 0 Å². The van der Waals surface area contributed by atoms with Crippen molar-refractivity contribution in [2.24, 2.45) is 0 Å². The van der Waals surface area contributed by atoms with Gasteiger partial charge in [0.2, 0.25) is 0 Å². The number of fused-ring (bicyclic) bond motifs is 1. The van der Waals surface area contributed by atoms with Gasteiger partial charge < -0.3 is 9.32 Å². The molecule has 0 saturated carbocycles. The molecule has 1 saturated heterocycles. The van der Waals surface area contributed by atoms with Gasteiger partial charge >= 0.3 is 5.63 Å². The second-order valence-electron chi connectivity index (χ2n) is 5.11. The number of nitrogens with zero attached hydrogens (tertiary/aromatic N) is 1. The summed E-state index contributed by atoms with van der Waals surface area (Å²) >= 11 is 6.76. The van der Waals surface area contributed by atoms with Gasteiger partial charge in [0.25, 0.3) is 5.91 Å². The number of piperidine rings is 1. The van der Waals surface area contributed by atoms with Crippen LogP contribution in [-0.2, 0) is 0 Å². The number of rotatable bonds is 1. The van der Waals surface area contributed by atoms with E-state index in [-0.39, 0.29) is 11.5 Å². The fourth-order valence-corrected chi connectivity index (χ4v) is 3.91. The average molecular weight is 415 g/mol. The van der Waals surface area contributed by atoms with E-state index in [9.17, 15) is 9.59 Å². The molecule has 0 radical (unpaired) electrons. The topological polar surface area (TPSA) is 50.5 Å². The largest absolute Gasteiger partial charge is 0.421 e. The van der Waals surface area contributed by atoms with Gasteiger partial charge in [-0.05, 0) is 53.4 Å². The van der Waals surface area contributed by atoms with Gasteiger partial charge in [0.05, 0.1) is 4.47 Å². The third-order valence-electron chi connectivity index (χ3n) is 3.63. The summed E-state index contributed by atoms with van der Waals surface area (Å²) in [6, 6.07) is 5.25. The van der Waals surface area contributed by atoms with Crippen molar-refractivity contribution >= 4 is 48.7 Å². The van der Waals surface area contributed by atoms with Gasteiger partial charge in [0, 0.05) is 22.9 Å². The van der Waals surface area contributed by atoms with Crippen molar-refractivity contribution in [2.45, 2.75) is 19.3 Å². The Balaban J connectivity index is 2.08. The van der Waals surface area contributed by atoms with Gasteiger partial charge in [0.15, 0.2) is 5.58 Å². The van der Waals surface area contributed by atoms with Gasteiger partial charge in [-0.3, -0.25) is 4.79 Å². The first-order valence-corrected chi connectivity index (χ1v) is 8.37. The molecule has 0 unspecified atom stereocenters. The van der Waals surface area contributed by atoms with E-state index in [1.165, 1.54) is 0 Å². The number of hydrogen-bond acceptors (Lipinski definition) is 3. The summed E-state index contributed by atoms with van der Waals surface area (Å²) in [6.07, 6.45) is 3.11. The molecule has 1 aromatic carbocycles. The lowest BCUT2D eigenvalue weighted by Gasteiger charge is -2.26. The second kappa shape index (κ2) is 5.93. The number of likely N-dealkylation sites (tertiary alicyclic amines) is 1. The van der Waals surface area contributed by atoms with Crippen molar-refractivity contribution in [3.05, 3.63) is 43.1 Å². The third-order valence-corrected chi connectivity index (χ3v) is 4.67. The highest BCUT2D eigenvalue weighted by Crippen LogP contribution is 2.28. The first-order valence-electron chi connectivity index (χ1n) is 6.78. The van der Waals surface area contributed by atoms with Gasteiger partial charge in [-0.2, -0.15) is 0 Å². The Morgan fingerprint density at radius 2 is 1.81 bits per heavy atom. The molecule has 1 aliphatic heterocycles. The van der Waals surface area contributed by atoms with Gasteiger partial charge in [0.1, 0.15) is 5.56 Å². The number of hydrogen-bond donors (Lipinski definition) is 0. The van der Waals surface area contributed by atoms with Crippen molar-refractivity contribution in [3.8, 4) is 0 Å². The van der Waals surface area contributed by atoms with E-state index in [1.807, 2.05) is 6.07 Å². The van der Waals surface area contributed by atoms with E-state index < -0.39 is 5.63 Å². The van der Waals surface area contributed by atoms with Gasteiger partial charge in [-0.25, -0.2) is 4.79 Å². The van der Waals surface area contributed by atoms with Crippen molar-refractivity contribution in [2.75, 3.05) is 13.1 Å². The zero-order valence-corrected chi connectivity index (χ0v) is 14.4. The number of amides is 1. The monoisotopic (exact) mass is 413 g/mol. The zero-order chi connectivity index (χ0) is 15.0. The minimum atomic E-state index is -0.582. The molecule has 0 N–H and O–H groups in total. The molecular formula is C15H13Br2NO3. The number of carbonyl (C=O) groups excluding carboxylic acids is 1. The summed E-state index contributed by atoms with van der Waals surface area (Å²) in [7, 11) is 0. The summed E-state index contributed by atoms with van der Waals surface area (Å²) in [4.78, 5) is 26.3. The number of benzene rings is 1. The minimum Gasteiger partial charge on any atom is -0.421 e. The fraction of sp³-hybridized carbons (Fsp3) is 0.333. The molecule has 0 bridgehead atoms. The van der Waals surface area contributed by atoms with E-state index >= 15 is 0 Å². The van der Waals surface area contributed by atoms with E-state index in [0.29, 0.717) is 23.1 Å². The van der Waals surface area contributed by atoms with Crippen molar-refractivity contribution < 1.29 is 9.21 Å². The Kier molecular flexibility index (Phi) is 4.17. The van der Waals surface area contributed by atoms with Crippen LogP contribution in [0.3, 0.4) is 0 Å². The van der Waals surface area contributed by atoms with Crippen LogP contribution in [0.2, 0.25) is 0 Å². The number of carbonyl (C=O) groups is 1. The summed E-state index contributed by atoms with van der Waals surface area (Å²) in [5, 5.41) is 0.719.